The third-order valence-corrected chi connectivity index (χ3v) is 7.03. The molecule has 0 amide bonds. The topological polar surface area (TPSA) is 94.4 Å². The molecule has 2 aromatic heterocycles. The van der Waals surface area contributed by atoms with Crippen molar-refractivity contribution >= 4 is 5.97 Å². The number of fused-ring (bicyclic) bond motifs is 1. The molecular formula is C27H28FN3O4. The Balaban J connectivity index is 1.40. The number of benzene rings is 1. The van der Waals surface area contributed by atoms with Crippen molar-refractivity contribution in [3.63, 3.8) is 0 Å². The standard InChI is InChI=1S/C27H28FN3O4/c1-15(27(32)33)26(17-7-8-17)18-9-6-16-4-3-5-23(35-24(16)10-18)22-14-29-21(13-30-22)19-11-25(34-2)31-12-20(19)28/h6,9-15,17,23,26H,3-5,7-8H2,1-2H3,(H,32,33)/t15-,23-,26-/m0/s1. The molecule has 1 N–H and O–H groups in total. The molecule has 1 aliphatic carbocycles. The van der Waals surface area contributed by atoms with Crippen LogP contribution in [0.2, 0.25) is 0 Å². The first-order chi connectivity index (χ1) is 16.9. The summed E-state index contributed by atoms with van der Waals surface area (Å²) in [4.78, 5) is 24.6. The lowest BCUT2D eigenvalue weighted by Crippen LogP contribution is -2.20. The summed E-state index contributed by atoms with van der Waals surface area (Å²) < 4.78 is 25.8. The van der Waals surface area contributed by atoms with Gasteiger partial charge in [0, 0.05) is 11.6 Å². The van der Waals surface area contributed by atoms with Gasteiger partial charge >= 0.3 is 5.97 Å². The van der Waals surface area contributed by atoms with Gasteiger partial charge in [-0.2, -0.15) is 0 Å². The highest BCUT2D eigenvalue weighted by molar-refractivity contribution is 5.71. The van der Waals surface area contributed by atoms with Crippen molar-refractivity contribution in [1.29, 1.82) is 0 Å². The maximum absolute atomic E-state index is 14.3. The zero-order chi connectivity index (χ0) is 24.5. The van der Waals surface area contributed by atoms with Gasteiger partial charge in [-0.05, 0) is 61.1 Å². The van der Waals surface area contributed by atoms with Crippen LogP contribution in [0, 0.1) is 17.7 Å². The number of halogens is 1. The number of ether oxygens (including phenoxy) is 2. The number of carbonyl (C=O) groups is 1. The monoisotopic (exact) mass is 477 g/mol. The third-order valence-electron chi connectivity index (χ3n) is 7.03. The highest BCUT2D eigenvalue weighted by atomic mass is 19.1. The highest BCUT2D eigenvalue weighted by Crippen LogP contribution is 2.48. The Morgan fingerprint density at radius 3 is 2.66 bits per heavy atom. The lowest BCUT2D eigenvalue weighted by atomic mass is 9.82. The fourth-order valence-electron chi connectivity index (χ4n) is 4.94. The fourth-order valence-corrected chi connectivity index (χ4v) is 4.94. The summed E-state index contributed by atoms with van der Waals surface area (Å²) in [7, 11) is 1.47. The molecule has 0 bridgehead atoms. The van der Waals surface area contributed by atoms with Crippen LogP contribution in [0.3, 0.4) is 0 Å². The number of nitrogens with zero attached hydrogens (tertiary/aromatic N) is 3. The molecule has 1 saturated carbocycles. The average molecular weight is 478 g/mol. The van der Waals surface area contributed by atoms with Crippen LogP contribution in [0.4, 0.5) is 4.39 Å². The van der Waals surface area contributed by atoms with Crippen molar-refractivity contribution in [3.05, 3.63) is 65.5 Å². The van der Waals surface area contributed by atoms with E-state index in [2.05, 4.69) is 27.1 Å². The Kier molecular flexibility index (Phi) is 6.36. The fraction of sp³-hybridized carbons (Fsp3) is 0.407. The summed E-state index contributed by atoms with van der Waals surface area (Å²) >= 11 is 0. The number of aryl methyl sites for hydroxylation is 1. The average Bonchev–Trinajstić information content (AvgIpc) is 3.71. The SMILES string of the molecule is COc1cc(-c2cnc([C@@H]3CCCc4ccc([C@H](C5CC5)[C@H](C)C(=O)O)cc4O3)cn2)c(F)cn1. The van der Waals surface area contributed by atoms with E-state index in [4.69, 9.17) is 9.47 Å². The smallest absolute Gasteiger partial charge is 0.306 e. The van der Waals surface area contributed by atoms with E-state index in [0.717, 1.165) is 55.2 Å². The molecule has 1 fully saturated rings. The molecule has 3 aromatic rings. The molecule has 1 aromatic carbocycles. The van der Waals surface area contributed by atoms with Gasteiger partial charge in [-0.3, -0.25) is 14.8 Å². The molecule has 0 spiro atoms. The molecular weight excluding hydrogens is 449 g/mol. The van der Waals surface area contributed by atoms with Crippen LogP contribution in [0.1, 0.15) is 61.4 Å². The van der Waals surface area contributed by atoms with Crippen LogP contribution < -0.4 is 9.47 Å². The number of aromatic nitrogens is 3. The van der Waals surface area contributed by atoms with E-state index in [1.807, 2.05) is 6.07 Å². The Morgan fingerprint density at radius 1 is 1.14 bits per heavy atom. The van der Waals surface area contributed by atoms with E-state index in [1.54, 1.807) is 13.1 Å². The second kappa shape index (κ2) is 9.60. The molecule has 182 valence electrons. The predicted octanol–water partition coefficient (Wildman–Crippen LogP) is 5.36. The summed E-state index contributed by atoms with van der Waals surface area (Å²) in [5, 5.41) is 9.64. The van der Waals surface area contributed by atoms with Gasteiger partial charge in [0.15, 0.2) is 5.82 Å². The van der Waals surface area contributed by atoms with Gasteiger partial charge in [-0.15, -0.1) is 0 Å². The van der Waals surface area contributed by atoms with E-state index in [-0.39, 0.29) is 17.6 Å². The van der Waals surface area contributed by atoms with Crippen LogP contribution in [-0.2, 0) is 11.2 Å². The summed E-state index contributed by atoms with van der Waals surface area (Å²) in [6.07, 6.45) is 8.68. The summed E-state index contributed by atoms with van der Waals surface area (Å²) in [6.45, 7) is 1.79. The van der Waals surface area contributed by atoms with Gasteiger partial charge in [-0.25, -0.2) is 9.37 Å². The van der Waals surface area contributed by atoms with Crippen LogP contribution in [0.15, 0.2) is 42.9 Å². The maximum Gasteiger partial charge on any atom is 0.306 e. The van der Waals surface area contributed by atoms with Gasteiger partial charge < -0.3 is 14.6 Å². The number of hydrogen-bond acceptors (Lipinski definition) is 6. The normalized spacial score (nSPS) is 19.1. The number of methoxy groups -OCH3 is 1. The minimum Gasteiger partial charge on any atom is -0.484 e. The summed E-state index contributed by atoms with van der Waals surface area (Å²) in [5.74, 6) is -0.249. The van der Waals surface area contributed by atoms with Gasteiger partial charge in [0.2, 0.25) is 5.88 Å². The zero-order valence-electron chi connectivity index (χ0n) is 19.8. The van der Waals surface area contributed by atoms with Crippen molar-refractivity contribution in [2.24, 2.45) is 11.8 Å². The first-order valence-corrected chi connectivity index (χ1v) is 12.0. The number of carboxylic acid groups (broad SMARTS) is 1. The Bertz CT molecular complexity index is 1230. The lowest BCUT2D eigenvalue weighted by molar-refractivity contribution is -0.142. The second-order valence-corrected chi connectivity index (χ2v) is 9.39. The van der Waals surface area contributed by atoms with Gasteiger partial charge in [0.25, 0.3) is 0 Å². The molecule has 3 atom stereocenters. The number of rotatable bonds is 7. The molecule has 0 unspecified atom stereocenters. The van der Waals surface area contributed by atoms with Crippen molar-refractivity contribution in [2.75, 3.05) is 7.11 Å². The lowest BCUT2D eigenvalue weighted by Gasteiger charge is -2.23. The van der Waals surface area contributed by atoms with Gasteiger partial charge in [-0.1, -0.05) is 19.1 Å². The predicted molar refractivity (Wildman–Crippen MR) is 127 cm³/mol. The summed E-state index contributed by atoms with van der Waals surface area (Å²) in [5.41, 5.74) is 3.46. The Hall–Kier alpha value is -3.55. The molecule has 5 rings (SSSR count). The highest BCUT2D eigenvalue weighted by Gasteiger charge is 2.39. The Morgan fingerprint density at radius 2 is 1.97 bits per heavy atom. The van der Waals surface area contributed by atoms with E-state index >= 15 is 0 Å². The van der Waals surface area contributed by atoms with Gasteiger partial charge in [0.05, 0.1) is 43.0 Å². The second-order valence-electron chi connectivity index (χ2n) is 9.39. The number of carboxylic acids is 1. The van der Waals surface area contributed by atoms with E-state index in [9.17, 15) is 14.3 Å². The van der Waals surface area contributed by atoms with E-state index in [1.165, 1.54) is 19.4 Å². The van der Waals surface area contributed by atoms with E-state index < -0.39 is 17.7 Å². The summed E-state index contributed by atoms with van der Waals surface area (Å²) in [6, 6.07) is 7.66. The first kappa shape index (κ1) is 23.2. The molecule has 3 heterocycles. The first-order valence-electron chi connectivity index (χ1n) is 12.0. The minimum atomic E-state index is -0.769. The molecule has 8 heteroatoms. The van der Waals surface area contributed by atoms with Gasteiger partial charge in [0.1, 0.15) is 11.9 Å². The number of aliphatic carboxylic acids is 1. The van der Waals surface area contributed by atoms with Crippen LogP contribution in [-0.4, -0.2) is 33.1 Å². The molecule has 2 aliphatic rings. The largest absolute Gasteiger partial charge is 0.484 e. The van der Waals surface area contributed by atoms with Crippen LogP contribution in [0.25, 0.3) is 11.3 Å². The molecule has 0 radical (unpaired) electrons. The minimum absolute atomic E-state index is 0.0190. The molecule has 35 heavy (non-hydrogen) atoms. The molecule has 0 saturated heterocycles. The van der Waals surface area contributed by atoms with Crippen molar-refractivity contribution in [2.45, 2.75) is 51.0 Å². The van der Waals surface area contributed by atoms with Crippen LogP contribution in [0.5, 0.6) is 11.6 Å². The van der Waals surface area contributed by atoms with Crippen molar-refractivity contribution in [1.82, 2.24) is 15.0 Å². The quantitative estimate of drug-likeness (QED) is 0.490. The Labute approximate surface area is 203 Å². The zero-order valence-corrected chi connectivity index (χ0v) is 19.8. The third kappa shape index (κ3) is 4.83. The molecule has 1 aliphatic heterocycles. The van der Waals surface area contributed by atoms with E-state index in [0.29, 0.717) is 23.2 Å². The molecule has 7 nitrogen and oxygen atoms in total. The van der Waals surface area contributed by atoms with Crippen molar-refractivity contribution in [3.8, 4) is 22.9 Å². The van der Waals surface area contributed by atoms with Crippen molar-refractivity contribution < 1.29 is 23.8 Å². The number of hydrogen-bond donors (Lipinski definition) is 1. The van der Waals surface area contributed by atoms with Crippen LogP contribution >= 0.6 is 0 Å². The number of pyridine rings is 1. The maximum atomic E-state index is 14.3.